The van der Waals surface area contributed by atoms with E-state index < -0.39 is 30.5 Å². The van der Waals surface area contributed by atoms with Crippen molar-refractivity contribution in [2.45, 2.75) is 37.4 Å². The number of ether oxygens (including phenoxy) is 1. The van der Waals surface area contributed by atoms with Gasteiger partial charge in [-0.3, -0.25) is 0 Å². The minimum atomic E-state index is -1.16. The summed E-state index contributed by atoms with van der Waals surface area (Å²) in [5, 5.41) is 27.8. The predicted octanol–water partition coefficient (Wildman–Crippen LogP) is -2.18. The molecule has 0 aromatic heterocycles. The first-order valence-corrected chi connectivity index (χ1v) is 3.97. The second kappa shape index (κ2) is 3.68. The van der Waals surface area contributed by atoms with Crippen molar-refractivity contribution >= 4 is 0 Å². The zero-order valence-corrected chi connectivity index (χ0v) is 6.92. The van der Waals surface area contributed by atoms with E-state index >= 15 is 0 Å². The Morgan fingerprint density at radius 3 is 2.25 bits per heavy atom. The number of hydrogen-bond donors (Lipinski definition) is 4. The van der Waals surface area contributed by atoms with Gasteiger partial charge in [0.05, 0.1) is 12.2 Å². The lowest BCUT2D eigenvalue weighted by Gasteiger charge is -2.38. The van der Waals surface area contributed by atoms with Crippen molar-refractivity contribution in [2.75, 3.05) is 6.54 Å². The lowest BCUT2D eigenvalue weighted by Crippen LogP contribution is -2.58. The van der Waals surface area contributed by atoms with Gasteiger partial charge in [0.15, 0.2) is 0 Å². The summed E-state index contributed by atoms with van der Waals surface area (Å²) < 4.78 is 5.15. The fraction of sp³-hybridized carbons (Fsp3) is 1.00. The average Bonchev–Trinajstić information content (AvgIpc) is 2.08. The van der Waals surface area contributed by atoms with E-state index in [-0.39, 0.29) is 6.54 Å². The molecule has 0 aromatic carbocycles. The summed E-state index contributed by atoms with van der Waals surface area (Å²) in [7, 11) is 0. The molecule has 5 N–H and O–H groups in total. The molecule has 72 valence electrons. The van der Waals surface area contributed by atoms with Crippen LogP contribution < -0.4 is 5.73 Å². The molecule has 0 aliphatic carbocycles. The van der Waals surface area contributed by atoms with E-state index in [4.69, 9.17) is 10.5 Å². The summed E-state index contributed by atoms with van der Waals surface area (Å²) >= 11 is 0. The summed E-state index contributed by atoms with van der Waals surface area (Å²) in [4.78, 5) is 0. The van der Waals surface area contributed by atoms with Gasteiger partial charge >= 0.3 is 0 Å². The molecule has 5 heteroatoms. The molecule has 0 unspecified atom stereocenters. The first-order valence-electron chi connectivity index (χ1n) is 3.97. The van der Waals surface area contributed by atoms with Crippen LogP contribution in [0.2, 0.25) is 0 Å². The molecule has 1 aliphatic rings. The second-order valence-electron chi connectivity index (χ2n) is 3.09. The van der Waals surface area contributed by atoms with Gasteiger partial charge in [0, 0.05) is 6.54 Å². The third-order valence-corrected chi connectivity index (χ3v) is 2.18. The smallest absolute Gasteiger partial charge is 0.111 e. The summed E-state index contributed by atoms with van der Waals surface area (Å²) in [5.41, 5.74) is 5.29. The molecule has 0 saturated carbocycles. The minimum Gasteiger partial charge on any atom is -0.388 e. The molecule has 5 nitrogen and oxygen atoms in total. The van der Waals surface area contributed by atoms with Gasteiger partial charge in [-0.05, 0) is 6.92 Å². The van der Waals surface area contributed by atoms with Gasteiger partial charge in [0.1, 0.15) is 18.3 Å². The number of rotatable bonds is 1. The van der Waals surface area contributed by atoms with Crippen LogP contribution in [-0.2, 0) is 4.74 Å². The quantitative estimate of drug-likeness (QED) is 0.365. The molecule has 1 rings (SSSR count). The molecule has 5 atom stereocenters. The largest absolute Gasteiger partial charge is 0.388 e. The Hall–Kier alpha value is -0.200. The highest BCUT2D eigenvalue weighted by molar-refractivity contribution is 4.90. The maximum atomic E-state index is 9.31. The molecule has 0 amide bonds. The summed E-state index contributed by atoms with van der Waals surface area (Å²) in [6.45, 7) is 1.76. The van der Waals surface area contributed by atoms with Crippen LogP contribution in [0.1, 0.15) is 6.92 Å². The van der Waals surface area contributed by atoms with Crippen LogP contribution in [0, 0.1) is 0 Å². The monoisotopic (exact) mass is 177 g/mol. The molecule has 1 heterocycles. The zero-order valence-electron chi connectivity index (χ0n) is 6.92. The molecule has 1 saturated heterocycles. The molecular formula is C7H15NO4. The standard InChI is InChI=1S/C7H15NO4/c1-3-5(9)7(11)6(10)4(2-8)12-3/h3-7,9-11H,2,8H2,1H3/t3-,4+,5-,6-,7+/m0/s1. The van der Waals surface area contributed by atoms with Crippen LogP contribution in [0.25, 0.3) is 0 Å². The summed E-state index contributed by atoms with van der Waals surface area (Å²) in [5.74, 6) is 0. The van der Waals surface area contributed by atoms with Crippen LogP contribution in [0.4, 0.5) is 0 Å². The van der Waals surface area contributed by atoms with Gasteiger partial charge in [0.25, 0.3) is 0 Å². The Morgan fingerprint density at radius 2 is 1.75 bits per heavy atom. The van der Waals surface area contributed by atoms with Crippen molar-refractivity contribution in [3.63, 3.8) is 0 Å². The van der Waals surface area contributed by atoms with E-state index in [2.05, 4.69) is 0 Å². The minimum absolute atomic E-state index is 0.134. The van der Waals surface area contributed by atoms with Crippen LogP contribution in [-0.4, -0.2) is 52.4 Å². The SMILES string of the molecule is C[C@@H]1O[C@H](CN)[C@H](O)[C@H](O)[C@H]1O. The number of nitrogens with two attached hydrogens (primary N) is 1. The Labute approximate surface area is 70.8 Å². The van der Waals surface area contributed by atoms with Crippen molar-refractivity contribution in [2.24, 2.45) is 5.73 Å². The van der Waals surface area contributed by atoms with Gasteiger partial charge in [-0.15, -0.1) is 0 Å². The van der Waals surface area contributed by atoms with Gasteiger partial charge in [-0.25, -0.2) is 0 Å². The van der Waals surface area contributed by atoms with Crippen LogP contribution in [0.15, 0.2) is 0 Å². The van der Waals surface area contributed by atoms with Gasteiger partial charge in [0.2, 0.25) is 0 Å². The maximum Gasteiger partial charge on any atom is 0.111 e. The molecule has 0 aromatic rings. The lowest BCUT2D eigenvalue weighted by molar-refractivity contribution is -0.213. The van der Waals surface area contributed by atoms with E-state index in [0.717, 1.165) is 0 Å². The fourth-order valence-electron chi connectivity index (χ4n) is 1.33. The van der Waals surface area contributed by atoms with Gasteiger partial charge in [-0.1, -0.05) is 0 Å². The van der Waals surface area contributed by atoms with Gasteiger partial charge < -0.3 is 25.8 Å². The van der Waals surface area contributed by atoms with Crippen LogP contribution in [0.3, 0.4) is 0 Å². The molecule has 0 spiro atoms. The first kappa shape index (κ1) is 9.88. The maximum absolute atomic E-state index is 9.31. The van der Waals surface area contributed by atoms with E-state index in [1.807, 2.05) is 0 Å². The first-order chi connectivity index (χ1) is 5.57. The molecule has 0 bridgehead atoms. The van der Waals surface area contributed by atoms with Crippen molar-refractivity contribution in [3.8, 4) is 0 Å². The average molecular weight is 177 g/mol. The number of aliphatic hydroxyl groups excluding tert-OH is 3. The molecule has 1 aliphatic heterocycles. The van der Waals surface area contributed by atoms with E-state index in [9.17, 15) is 15.3 Å². The van der Waals surface area contributed by atoms with Crippen molar-refractivity contribution in [3.05, 3.63) is 0 Å². The Balaban J connectivity index is 2.63. The van der Waals surface area contributed by atoms with E-state index in [1.54, 1.807) is 6.92 Å². The van der Waals surface area contributed by atoms with E-state index in [1.165, 1.54) is 0 Å². The third kappa shape index (κ3) is 1.60. The zero-order chi connectivity index (χ0) is 9.30. The summed E-state index contributed by atoms with van der Waals surface area (Å²) in [6.07, 6.45) is -4.37. The molecule has 1 fully saturated rings. The Morgan fingerprint density at radius 1 is 1.17 bits per heavy atom. The highest BCUT2D eigenvalue weighted by Gasteiger charge is 2.40. The van der Waals surface area contributed by atoms with E-state index in [0.29, 0.717) is 0 Å². The summed E-state index contributed by atoms with van der Waals surface area (Å²) in [6, 6.07) is 0. The number of aliphatic hydroxyl groups is 3. The predicted molar refractivity (Wildman–Crippen MR) is 41.4 cm³/mol. The molecular weight excluding hydrogens is 162 g/mol. The Kier molecular flexibility index (Phi) is 3.03. The second-order valence-corrected chi connectivity index (χ2v) is 3.09. The number of hydrogen-bond acceptors (Lipinski definition) is 5. The molecule has 12 heavy (non-hydrogen) atoms. The highest BCUT2D eigenvalue weighted by atomic mass is 16.5. The highest BCUT2D eigenvalue weighted by Crippen LogP contribution is 2.19. The Bertz CT molecular complexity index is 150. The fourth-order valence-corrected chi connectivity index (χ4v) is 1.33. The lowest BCUT2D eigenvalue weighted by atomic mass is 9.96. The van der Waals surface area contributed by atoms with Crippen molar-refractivity contribution < 1.29 is 20.1 Å². The van der Waals surface area contributed by atoms with Crippen LogP contribution >= 0.6 is 0 Å². The third-order valence-electron chi connectivity index (χ3n) is 2.18. The van der Waals surface area contributed by atoms with Gasteiger partial charge in [-0.2, -0.15) is 0 Å². The van der Waals surface area contributed by atoms with Crippen molar-refractivity contribution in [1.29, 1.82) is 0 Å². The normalized spacial score (nSPS) is 49.2. The van der Waals surface area contributed by atoms with Crippen molar-refractivity contribution in [1.82, 2.24) is 0 Å². The topological polar surface area (TPSA) is 95.9 Å². The van der Waals surface area contributed by atoms with Crippen LogP contribution in [0.5, 0.6) is 0 Å². The molecule has 0 radical (unpaired) electrons.